The summed E-state index contributed by atoms with van der Waals surface area (Å²) in [4.78, 5) is 29.4. The first-order valence-corrected chi connectivity index (χ1v) is 10.1. The molecule has 0 aromatic carbocycles. The van der Waals surface area contributed by atoms with Crippen LogP contribution in [0.4, 0.5) is 0 Å². The second kappa shape index (κ2) is 7.05. The lowest BCUT2D eigenvalue weighted by Crippen LogP contribution is -2.57. The topological polar surface area (TPSA) is 66.7 Å². The van der Waals surface area contributed by atoms with E-state index in [0.717, 1.165) is 62.9 Å². The normalized spacial score (nSPS) is 26.0. The Morgan fingerprint density at radius 3 is 2.85 bits per heavy atom. The molecule has 1 aromatic heterocycles. The molecule has 2 aliphatic heterocycles. The largest absolute Gasteiger partial charge is 0.350 e. The molecule has 2 fully saturated rings. The predicted molar refractivity (Wildman–Crippen MR) is 96.7 cm³/mol. The maximum absolute atomic E-state index is 13.0. The molecule has 2 saturated heterocycles. The molecule has 4 rings (SSSR count). The molecule has 2 atom stereocenters. The summed E-state index contributed by atoms with van der Waals surface area (Å²) in [7, 11) is 0. The third-order valence-electron chi connectivity index (χ3n) is 6.15. The van der Waals surface area contributed by atoms with Gasteiger partial charge in [-0.25, -0.2) is 0 Å². The van der Waals surface area contributed by atoms with Crippen molar-refractivity contribution in [3.8, 4) is 0 Å². The Balaban J connectivity index is 1.47. The zero-order valence-corrected chi connectivity index (χ0v) is 15.9. The van der Waals surface area contributed by atoms with Crippen LogP contribution < -0.4 is 0 Å². The Morgan fingerprint density at radius 1 is 1.23 bits per heavy atom. The van der Waals surface area contributed by atoms with Crippen LogP contribution in [-0.4, -0.2) is 52.4 Å². The van der Waals surface area contributed by atoms with E-state index in [1.54, 1.807) is 0 Å². The van der Waals surface area contributed by atoms with Crippen LogP contribution in [0.3, 0.4) is 0 Å². The van der Waals surface area contributed by atoms with Crippen LogP contribution in [0, 0.1) is 11.8 Å². The van der Waals surface area contributed by atoms with Gasteiger partial charge < -0.3 is 14.3 Å². The monoisotopic (exact) mass is 359 g/mol. The number of rotatable bonds is 3. The van der Waals surface area contributed by atoms with Crippen molar-refractivity contribution in [3.05, 3.63) is 17.0 Å². The van der Waals surface area contributed by atoms with Gasteiger partial charge in [0.1, 0.15) is 0 Å². The van der Waals surface area contributed by atoms with Crippen molar-refractivity contribution >= 4 is 11.8 Å². The minimum Gasteiger partial charge on any atom is -0.350 e. The lowest BCUT2D eigenvalue weighted by molar-refractivity contribution is -0.141. The molecule has 3 aliphatic rings. The molecule has 6 nitrogen and oxygen atoms in total. The fourth-order valence-corrected chi connectivity index (χ4v) is 4.87. The molecule has 0 saturated carbocycles. The summed E-state index contributed by atoms with van der Waals surface area (Å²) in [6.45, 7) is 6.55. The predicted octanol–water partition coefficient (Wildman–Crippen LogP) is 2.66. The number of amides is 2. The second-order valence-corrected chi connectivity index (χ2v) is 8.49. The first kappa shape index (κ1) is 17.6. The number of likely N-dealkylation sites (tertiary alicyclic amines) is 2. The summed E-state index contributed by atoms with van der Waals surface area (Å²) in [6.07, 6.45) is 6.40. The molecule has 2 amide bonds. The summed E-state index contributed by atoms with van der Waals surface area (Å²) in [5.41, 5.74) is 2.00. The van der Waals surface area contributed by atoms with Gasteiger partial charge in [-0.1, -0.05) is 19.0 Å². The SMILES string of the molecule is CC(C)CN1C(=O)CC[C@H]2CN(C(=O)c3onc4c3CCCC4)CC[C@H]21. The molecule has 0 spiro atoms. The van der Waals surface area contributed by atoms with E-state index in [9.17, 15) is 9.59 Å². The molecule has 142 valence electrons. The maximum atomic E-state index is 13.0. The van der Waals surface area contributed by atoms with Crippen LogP contribution in [0.1, 0.15) is 67.8 Å². The van der Waals surface area contributed by atoms with Crippen LogP contribution in [0.15, 0.2) is 4.52 Å². The van der Waals surface area contributed by atoms with E-state index < -0.39 is 0 Å². The molecule has 0 radical (unpaired) electrons. The Kier molecular flexibility index (Phi) is 4.76. The molecular formula is C20H29N3O3. The average Bonchev–Trinajstić information content (AvgIpc) is 3.07. The number of aromatic nitrogens is 1. The van der Waals surface area contributed by atoms with Crippen molar-refractivity contribution in [2.75, 3.05) is 19.6 Å². The van der Waals surface area contributed by atoms with Gasteiger partial charge in [-0.2, -0.15) is 0 Å². The summed E-state index contributed by atoms with van der Waals surface area (Å²) < 4.78 is 5.45. The third kappa shape index (κ3) is 3.14. The van der Waals surface area contributed by atoms with E-state index in [1.165, 1.54) is 0 Å². The first-order chi connectivity index (χ1) is 12.5. The maximum Gasteiger partial charge on any atom is 0.292 e. The van der Waals surface area contributed by atoms with Gasteiger partial charge in [0.15, 0.2) is 0 Å². The third-order valence-corrected chi connectivity index (χ3v) is 6.15. The highest BCUT2D eigenvalue weighted by Crippen LogP contribution is 2.33. The molecule has 6 heteroatoms. The average molecular weight is 359 g/mol. The number of carbonyl (C=O) groups excluding carboxylic acids is 2. The summed E-state index contributed by atoms with van der Waals surface area (Å²) >= 11 is 0. The highest BCUT2D eigenvalue weighted by molar-refractivity contribution is 5.93. The van der Waals surface area contributed by atoms with Gasteiger partial charge in [-0.3, -0.25) is 9.59 Å². The van der Waals surface area contributed by atoms with Crippen molar-refractivity contribution in [3.63, 3.8) is 0 Å². The molecular weight excluding hydrogens is 330 g/mol. The van der Waals surface area contributed by atoms with Crippen molar-refractivity contribution < 1.29 is 14.1 Å². The van der Waals surface area contributed by atoms with Crippen LogP contribution in [0.25, 0.3) is 0 Å². The van der Waals surface area contributed by atoms with Crippen LogP contribution in [0.5, 0.6) is 0 Å². The van der Waals surface area contributed by atoms with E-state index in [1.807, 2.05) is 4.90 Å². The van der Waals surface area contributed by atoms with Crippen molar-refractivity contribution in [1.82, 2.24) is 15.0 Å². The lowest BCUT2D eigenvalue weighted by atomic mass is 9.83. The summed E-state index contributed by atoms with van der Waals surface area (Å²) in [5, 5.41) is 4.13. The van der Waals surface area contributed by atoms with Gasteiger partial charge in [0, 0.05) is 37.7 Å². The van der Waals surface area contributed by atoms with Crippen molar-refractivity contribution in [2.45, 2.75) is 64.8 Å². The minimum atomic E-state index is -0.00795. The molecule has 1 aliphatic carbocycles. The number of hydrogen-bond acceptors (Lipinski definition) is 4. The van der Waals surface area contributed by atoms with Crippen LogP contribution in [-0.2, 0) is 17.6 Å². The fourth-order valence-electron chi connectivity index (χ4n) is 4.87. The zero-order chi connectivity index (χ0) is 18.3. The quantitative estimate of drug-likeness (QED) is 0.832. The lowest BCUT2D eigenvalue weighted by Gasteiger charge is -2.47. The Labute approximate surface area is 154 Å². The van der Waals surface area contributed by atoms with E-state index >= 15 is 0 Å². The fraction of sp³-hybridized carbons (Fsp3) is 0.750. The second-order valence-electron chi connectivity index (χ2n) is 8.49. The van der Waals surface area contributed by atoms with Gasteiger partial charge in [0.05, 0.1) is 5.69 Å². The highest BCUT2D eigenvalue weighted by atomic mass is 16.5. The van der Waals surface area contributed by atoms with Crippen LogP contribution >= 0.6 is 0 Å². The minimum absolute atomic E-state index is 0.00795. The van der Waals surface area contributed by atoms with Gasteiger partial charge in [0.2, 0.25) is 11.7 Å². The standard InChI is InChI=1S/C20H29N3O3/c1-13(2)11-23-17-9-10-22(12-14(17)7-8-18(23)24)20(25)19-15-5-3-4-6-16(15)21-26-19/h13-14,17H,3-12H2,1-2H3/t14-,17+/m0/s1. The number of aryl methyl sites for hydroxylation is 1. The molecule has 0 N–H and O–H groups in total. The number of carbonyl (C=O) groups is 2. The molecule has 0 unspecified atom stereocenters. The van der Waals surface area contributed by atoms with E-state index in [-0.39, 0.29) is 17.9 Å². The Bertz CT molecular complexity index is 696. The van der Waals surface area contributed by atoms with Gasteiger partial charge in [-0.05, 0) is 50.4 Å². The van der Waals surface area contributed by atoms with E-state index in [0.29, 0.717) is 30.6 Å². The molecule has 26 heavy (non-hydrogen) atoms. The number of fused-ring (bicyclic) bond motifs is 2. The first-order valence-electron chi connectivity index (χ1n) is 10.1. The Hall–Kier alpha value is -1.85. The zero-order valence-electron chi connectivity index (χ0n) is 15.9. The smallest absolute Gasteiger partial charge is 0.292 e. The number of piperidine rings is 2. The number of hydrogen-bond donors (Lipinski definition) is 0. The van der Waals surface area contributed by atoms with Crippen molar-refractivity contribution in [2.24, 2.45) is 11.8 Å². The number of nitrogens with zero attached hydrogens (tertiary/aromatic N) is 3. The van der Waals surface area contributed by atoms with E-state index in [4.69, 9.17) is 4.52 Å². The van der Waals surface area contributed by atoms with Crippen LogP contribution in [0.2, 0.25) is 0 Å². The van der Waals surface area contributed by atoms with Crippen molar-refractivity contribution in [1.29, 1.82) is 0 Å². The van der Waals surface area contributed by atoms with Gasteiger partial charge >= 0.3 is 0 Å². The van der Waals surface area contributed by atoms with Gasteiger partial charge in [-0.15, -0.1) is 0 Å². The van der Waals surface area contributed by atoms with E-state index in [2.05, 4.69) is 23.9 Å². The van der Waals surface area contributed by atoms with Gasteiger partial charge in [0.25, 0.3) is 5.91 Å². The molecule has 0 bridgehead atoms. The summed E-state index contributed by atoms with van der Waals surface area (Å²) in [6, 6.07) is 0.284. The Morgan fingerprint density at radius 2 is 2.04 bits per heavy atom. The highest BCUT2D eigenvalue weighted by Gasteiger charge is 2.41. The molecule has 1 aromatic rings. The molecule has 3 heterocycles. The summed E-state index contributed by atoms with van der Waals surface area (Å²) in [5.74, 6) is 1.58.